The summed E-state index contributed by atoms with van der Waals surface area (Å²) in [5.74, 6) is -0.630. The number of nitrogens with zero attached hydrogens (tertiary/aromatic N) is 4. The number of carbonyl (C=O) groups is 1. The third-order valence-corrected chi connectivity index (χ3v) is 4.27. The van der Waals surface area contributed by atoms with Gasteiger partial charge < -0.3 is 5.32 Å². The molecule has 4 rings (SSSR count). The SMILES string of the molecule is Cc1ccc(-c2cc(C(F)(F)F)n3ncc(C(=O)Nc4cccnc4)c3n2)cc1. The quantitative estimate of drug-likeness (QED) is 0.557. The second kappa shape index (κ2) is 7.01. The van der Waals surface area contributed by atoms with Gasteiger partial charge in [-0.1, -0.05) is 29.8 Å². The Morgan fingerprint density at radius 1 is 1.10 bits per heavy atom. The molecule has 0 aliphatic heterocycles. The van der Waals surface area contributed by atoms with Crippen LogP contribution in [0.5, 0.6) is 0 Å². The zero-order chi connectivity index (χ0) is 20.6. The van der Waals surface area contributed by atoms with Crippen molar-refractivity contribution in [2.75, 3.05) is 5.32 Å². The highest BCUT2D eigenvalue weighted by Crippen LogP contribution is 2.33. The normalized spacial score (nSPS) is 11.6. The molecule has 0 aliphatic carbocycles. The van der Waals surface area contributed by atoms with Gasteiger partial charge in [0.05, 0.1) is 23.8 Å². The maximum Gasteiger partial charge on any atom is 0.433 e. The Hall–Kier alpha value is -3.75. The van der Waals surface area contributed by atoms with Crippen LogP contribution in [0.25, 0.3) is 16.9 Å². The lowest BCUT2D eigenvalue weighted by Crippen LogP contribution is -2.15. The van der Waals surface area contributed by atoms with Crippen molar-refractivity contribution in [3.63, 3.8) is 0 Å². The molecule has 0 saturated carbocycles. The maximum atomic E-state index is 13.6. The molecule has 1 amide bonds. The Labute approximate surface area is 163 Å². The van der Waals surface area contributed by atoms with Crippen molar-refractivity contribution in [3.05, 3.63) is 77.9 Å². The van der Waals surface area contributed by atoms with Crippen molar-refractivity contribution in [2.24, 2.45) is 0 Å². The highest BCUT2D eigenvalue weighted by Gasteiger charge is 2.36. The maximum absolute atomic E-state index is 13.6. The molecule has 0 bridgehead atoms. The van der Waals surface area contributed by atoms with Crippen molar-refractivity contribution in [2.45, 2.75) is 13.1 Å². The number of fused-ring (bicyclic) bond motifs is 1. The second-order valence-corrected chi connectivity index (χ2v) is 6.38. The first kappa shape index (κ1) is 18.6. The van der Waals surface area contributed by atoms with Crippen LogP contribution in [0.1, 0.15) is 21.6 Å². The van der Waals surface area contributed by atoms with Crippen LogP contribution in [0.2, 0.25) is 0 Å². The molecular formula is C20H14F3N5O. The van der Waals surface area contributed by atoms with E-state index in [0.29, 0.717) is 15.8 Å². The van der Waals surface area contributed by atoms with E-state index >= 15 is 0 Å². The summed E-state index contributed by atoms with van der Waals surface area (Å²) < 4.78 is 41.5. The van der Waals surface area contributed by atoms with Crippen LogP contribution in [0, 0.1) is 6.92 Å². The Balaban J connectivity index is 1.85. The molecular weight excluding hydrogens is 383 g/mol. The Morgan fingerprint density at radius 2 is 1.86 bits per heavy atom. The van der Waals surface area contributed by atoms with Crippen molar-refractivity contribution in [3.8, 4) is 11.3 Å². The van der Waals surface area contributed by atoms with Gasteiger partial charge in [0, 0.05) is 11.8 Å². The number of anilines is 1. The highest BCUT2D eigenvalue weighted by atomic mass is 19.4. The fourth-order valence-corrected chi connectivity index (χ4v) is 2.83. The number of aryl methyl sites for hydroxylation is 1. The third kappa shape index (κ3) is 3.66. The fraction of sp³-hybridized carbons (Fsp3) is 0.100. The summed E-state index contributed by atoms with van der Waals surface area (Å²) in [7, 11) is 0. The Morgan fingerprint density at radius 3 is 2.52 bits per heavy atom. The molecule has 0 spiro atoms. The minimum atomic E-state index is -4.68. The van der Waals surface area contributed by atoms with E-state index in [2.05, 4.69) is 20.4 Å². The summed E-state index contributed by atoms with van der Waals surface area (Å²) in [6.45, 7) is 1.87. The molecule has 1 N–H and O–H groups in total. The molecule has 0 aliphatic rings. The van der Waals surface area contributed by atoms with Gasteiger partial charge in [0.2, 0.25) is 0 Å². The van der Waals surface area contributed by atoms with E-state index in [4.69, 9.17) is 0 Å². The molecule has 4 aromatic rings. The second-order valence-electron chi connectivity index (χ2n) is 6.38. The van der Waals surface area contributed by atoms with Gasteiger partial charge in [-0.15, -0.1) is 0 Å². The van der Waals surface area contributed by atoms with Crippen molar-refractivity contribution >= 4 is 17.2 Å². The van der Waals surface area contributed by atoms with Gasteiger partial charge in [0.1, 0.15) is 5.56 Å². The molecule has 146 valence electrons. The number of benzene rings is 1. The van der Waals surface area contributed by atoms with Crippen molar-refractivity contribution in [1.29, 1.82) is 0 Å². The molecule has 9 heteroatoms. The lowest BCUT2D eigenvalue weighted by Gasteiger charge is -2.12. The van der Waals surface area contributed by atoms with Crippen molar-refractivity contribution in [1.82, 2.24) is 19.6 Å². The lowest BCUT2D eigenvalue weighted by atomic mass is 10.1. The molecule has 0 fully saturated rings. The first-order chi connectivity index (χ1) is 13.8. The van der Waals surface area contributed by atoms with Gasteiger partial charge in [0.15, 0.2) is 11.3 Å². The van der Waals surface area contributed by atoms with E-state index in [-0.39, 0.29) is 16.9 Å². The number of carbonyl (C=O) groups excluding carboxylic acids is 1. The number of hydrogen-bond acceptors (Lipinski definition) is 4. The fourth-order valence-electron chi connectivity index (χ4n) is 2.83. The predicted molar refractivity (Wildman–Crippen MR) is 100 cm³/mol. The van der Waals surface area contributed by atoms with Crippen LogP contribution >= 0.6 is 0 Å². The summed E-state index contributed by atoms with van der Waals surface area (Å²) in [4.78, 5) is 20.8. The smallest absolute Gasteiger partial charge is 0.320 e. The minimum Gasteiger partial charge on any atom is -0.320 e. The average molecular weight is 397 g/mol. The van der Waals surface area contributed by atoms with Gasteiger partial charge >= 0.3 is 6.18 Å². The monoisotopic (exact) mass is 397 g/mol. The van der Waals surface area contributed by atoms with Gasteiger partial charge in [-0.2, -0.15) is 18.3 Å². The Bertz CT molecular complexity index is 1180. The predicted octanol–water partition coefficient (Wildman–Crippen LogP) is 4.37. The van der Waals surface area contributed by atoms with Crippen LogP contribution < -0.4 is 5.32 Å². The lowest BCUT2D eigenvalue weighted by molar-refractivity contribution is -0.142. The average Bonchev–Trinajstić information content (AvgIpc) is 3.12. The molecule has 29 heavy (non-hydrogen) atoms. The molecule has 0 saturated heterocycles. The molecule has 3 aromatic heterocycles. The molecule has 1 aromatic carbocycles. The molecule has 0 unspecified atom stereocenters. The topological polar surface area (TPSA) is 72.2 Å². The zero-order valence-corrected chi connectivity index (χ0v) is 15.1. The number of hydrogen-bond donors (Lipinski definition) is 1. The number of aromatic nitrogens is 4. The van der Waals surface area contributed by atoms with E-state index in [1.54, 1.807) is 36.4 Å². The molecule has 0 atom stereocenters. The van der Waals surface area contributed by atoms with E-state index in [1.807, 2.05) is 6.92 Å². The van der Waals surface area contributed by atoms with Gasteiger partial charge in [-0.05, 0) is 25.1 Å². The number of alkyl halides is 3. The van der Waals surface area contributed by atoms with Gasteiger partial charge in [-0.3, -0.25) is 9.78 Å². The van der Waals surface area contributed by atoms with Gasteiger partial charge in [-0.25, -0.2) is 9.50 Å². The summed E-state index contributed by atoms with van der Waals surface area (Å²) >= 11 is 0. The minimum absolute atomic E-state index is 0.0756. The zero-order valence-electron chi connectivity index (χ0n) is 15.1. The van der Waals surface area contributed by atoms with Gasteiger partial charge in [0.25, 0.3) is 5.91 Å². The summed E-state index contributed by atoms with van der Waals surface area (Å²) in [5, 5.41) is 6.34. The Kier molecular flexibility index (Phi) is 4.50. The van der Waals surface area contributed by atoms with E-state index in [0.717, 1.165) is 17.8 Å². The van der Waals surface area contributed by atoms with Crippen LogP contribution in [-0.2, 0) is 6.18 Å². The number of amides is 1. The van der Waals surface area contributed by atoms with E-state index in [1.165, 1.54) is 12.4 Å². The number of nitrogens with one attached hydrogen (secondary N) is 1. The standard InChI is InChI=1S/C20H14F3N5O/c1-12-4-6-13(7-5-12)16-9-17(20(21,22)23)28-18(27-16)15(11-25-28)19(29)26-14-3-2-8-24-10-14/h2-11H,1H3,(H,26,29). The first-order valence-corrected chi connectivity index (χ1v) is 8.57. The summed E-state index contributed by atoms with van der Waals surface area (Å²) in [5.41, 5.74) is 0.696. The number of pyridine rings is 1. The van der Waals surface area contributed by atoms with Crippen LogP contribution in [0.15, 0.2) is 61.1 Å². The highest BCUT2D eigenvalue weighted by molar-refractivity contribution is 6.08. The molecule has 3 heterocycles. The third-order valence-electron chi connectivity index (χ3n) is 4.27. The number of halogens is 3. The van der Waals surface area contributed by atoms with Crippen LogP contribution in [-0.4, -0.2) is 25.5 Å². The molecule has 6 nitrogen and oxygen atoms in total. The first-order valence-electron chi connectivity index (χ1n) is 8.57. The van der Waals surface area contributed by atoms with Crippen molar-refractivity contribution < 1.29 is 18.0 Å². The van der Waals surface area contributed by atoms with Crippen LogP contribution in [0.3, 0.4) is 0 Å². The van der Waals surface area contributed by atoms with Crippen LogP contribution in [0.4, 0.5) is 18.9 Å². The number of rotatable bonds is 3. The summed E-state index contributed by atoms with van der Waals surface area (Å²) in [6.07, 6.45) is -0.641. The summed E-state index contributed by atoms with van der Waals surface area (Å²) in [6, 6.07) is 11.1. The van der Waals surface area contributed by atoms with E-state index < -0.39 is 17.8 Å². The van der Waals surface area contributed by atoms with E-state index in [9.17, 15) is 18.0 Å². The largest absolute Gasteiger partial charge is 0.433 e. The molecule has 0 radical (unpaired) electrons.